The molecule has 31 heavy (non-hydrogen) atoms. The third-order valence-electron chi connectivity index (χ3n) is 5.32. The van der Waals surface area contributed by atoms with Gasteiger partial charge in [0, 0.05) is 63.8 Å². The molecule has 1 aliphatic rings. The molecule has 170 valence electrons. The third-order valence-corrected chi connectivity index (χ3v) is 5.32. The summed E-state index contributed by atoms with van der Waals surface area (Å²) in [7, 11) is 1.69. The fourth-order valence-electron chi connectivity index (χ4n) is 3.62. The Morgan fingerprint density at radius 2 is 1.81 bits per heavy atom. The highest BCUT2D eigenvalue weighted by atomic mass is 127. The molecule has 0 amide bonds. The maximum Gasteiger partial charge on any atom is 0.250 e. The topological polar surface area (TPSA) is 62.1 Å². The van der Waals surface area contributed by atoms with Gasteiger partial charge in [-0.25, -0.2) is 0 Å². The van der Waals surface area contributed by atoms with Crippen LogP contribution in [-0.4, -0.2) is 61.8 Å². The zero-order chi connectivity index (χ0) is 21.2. The number of aliphatic imine (C=N–C) groups is 1. The molecule has 7 nitrogen and oxygen atoms in total. The van der Waals surface area contributed by atoms with E-state index in [0.717, 1.165) is 70.4 Å². The van der Waals surface area contributed by atoms with E-state index in [-0.39, 0.29) is 29.5 Å². The molecule has 1 aliphatic heterocycles. The number of halogens is 1. The fourth-order valence-corrected chi connectivity index (χ4v) is 3.62. The van der Waals surface area contributed by atoms with Crippen molar-refractivity contribution in [2.75, 3.05) is 51.3 Å². The number of rotatable bonds is 8. The molecule has 0 radical (unpaired) electrons. The second kappa shape index (κ2) is 13.2. The maximum absolute atomic E-state index is 11.8. The van der Waals surface area contributed by atoms with Gasteiger partial charge in [-0.05, 0) is 50.1 Å². The number of unbranched alkanes of at least 4 members (excludes halogenated alkanes) is 1. The summed E-state index contributed by atoms with van der Waals surface area (Å²) in [5.41, 5.74) is 1.29. The van der Waals surface area contributed by atoms with E-state index in [2.05, 4.69) is 34.2 Å². The van der Waals surface area contributed by atoms with E-state index in [9.17, 15) is 4.79 Å². The summed E-state index contributed by atoms with van der Waals surface area (Å²) in [6.45, 7) is 8.28. The molecule has 1 fully saturated rings. The van der Waals surface area contributed by atoms with Crippen molar-refractivity contribution in [3.05, 3.63) is 59.0 Å². The monoisotopic (exact) mass is 539 g/mol. The molecule has 1 N–H and O–H groups in total. The summed E-state index contributed by atoms with van der Waals surface area (Å²) in [6.07, 6.45) is 3.75. The molecule has 2 heterocycles. The Bertz CT molecular complexity index is 861. The number of guanidine groups is 1. The molecule has 2 aromatic rings. The Kier molecular flexibility index (Phi) is 10.7. The first-order chi connectivity index (χ1) is 14.7. The number of hydrogen-bond acceptors (Lipinski definition) is 4. The zero-order valence-corrected chi connectivity index (χ0v) is 20.8. The van der Waals surface area contributed by atoms with Gasteiger partial charge in [-0.1, -0.05) is 6.07 Å². The standard InChI is InChI=1S/C23H33N5O2.HI/c1-3-24-23(25-13-5-7-15-27-14-6-4-8-22(27)29)28-18-16-26(17-19-28)20-9-11-21(30-2)12-10-20;/h4,6,8-12,14H,3,5,7,13,15-19H2,1-2H3,(H,24,25);1H. The van der Waals surface area contributed by atoms with Crippen molar-refractivity contribution < 1.29 is 4.74 Å². The quantitative estimate of drug-likeness (QED) is 0.242. The van der Waals surface area contributed by atoms with Crippen molar-refractivity contribution in [3.63, 3.8) is 0 Å². The Morgan fingerprint density at radius 1 is 1.06 bits per heavy atom. The number of ether oxygens (including phenoxy) is 1. The molecule has 1 saturated heterocycles. The lowest BCUT2D eigenvalue weighted by Crippen LogP contribution is -2.52. The molecule has 0 aliphatic carbocycles. The molecule has 0 saturated carbocycles. The van der Waals surface area contributed by atoms with Crippen LogP contribution in [0.2, 0.25) is 0 Å². The lowest BCUT2D eigenvalue weighted by molar-refractivity contribution is 0.372. The normalized spacial score (nSPS) is 14.2. The minimum absolute atomic E-state index is 0. The minimum Gasteiger partial charge on any atom is -0.497 e. The average molecular weight is 539 g/mol. The summed E-state index contributed by atoms with van der Waals surface area (Å²) < 4.78 is 7.01. The molecule has 0 unspecified atom stereocenters. The van der Waals surface area contributed by atoms with Gasteiger partial charge < -0.3 is 24.4 Å². The van der Waals surface area contributed by atoms with Crippen molar-refractivity contribution >= 4 is 35.6 Å². The highest BCUT2D eigenvalue weighted by molar-refractivity contribution is 14.0. The van der Waals surface area contributed by atoms with E-state index in [4.69, 9.17) is 9.73 Å². The van der Waals surface area contributed by atoms with Crippen LogP contribution < -0.4 is 20.5 Å². The fraction of sp³-hybridized carbons (Fsp3) is 0.478. The van der Waals surface area contributed by atoms with Crippen LogP contribution in [0.1, 0.15) is 19.8 Å². The van der Waals surface area contributed by atoms with E-state index < -0.39 is 0 Å². The van der Waals surface area contributed by atoms with Gasteiger partial charge in [-0.3, -0.25) is 9.79 Å². The summed E-state index contributed by atoms with van der Waals surface area (Å²) in [5, 5.41) is 3.43. The number of nitrogens with zero attached hydrogens (tertiary/aromatic N) is 4. The number of pyridine rings is 1. The number of hydrogen-bond donors (Lipinski definition) is 1. The molecule has 8 heteroatoms. The van der Waals surface area contributed by atoms with Gasteiger partial charge >= 0.3 is 0 Å². The minimum atomic E-state index is 0. The second-order valence-electron chi connectivity index (χ2n) is 7.35. The van der Waals surface area contributed by atoms with Gasteiger partial charge in [0.25, 0.3) is 0 Å². The van der Waals surface area contributed by atoms with Crippen LogP contribution in [-0.2, 0) is 6.54 Å². The van der Waals surface area contributed by atoms with Crippen LogP contribution in [0.3, 0.4) is 0 Å². The highest BCUT2D eigenvalue weighted by Gasteiger charge is 2.19. The van der Waals surface area contributed by atoms with Crippen molar-refractivity contribution in [1.82, 2.24) is 14.8 Å². The van der Waals surface area contributed by atoms with E-state index in [1.54, 1.807) is 23.8 Å². The van der Waals surface area contributed by atoms with Crippen molar-refractivity contribution in [2.45, 2.75) is 26.3 Å². The first kappa shape index (κ1) is 25.0. The van der Waals surface area contributed by atoms with Gasteiger partial charge in [0.05, 0.1) is 7.11 Å². The van der Waals surface area contributed by atoms with Crippen LogP contribution in [0.25, 0.3) is 0 Å². The average Bonchev–Trinajstić information content (AvgIpc) is 2.79. The van der Waals surface area contributed by atoms with Crippen LogP contribution in [0.15, 0.2) is 58.4 Å². The first-order valence-electron chi connectivity index (χ1n) is 10.8. The maximum atomic E-state index is 11.8. The molecule has 1 aromatic heterocycles. The van der Waals surface area contributed by atoms with Gasteiger partial charge in [0.1, 0.15) is 5.75 Å². The third kappa shape index (κ3) is 7.45. The zero-order valence-electron chi connectivity index (χ0n) is 18.5. The molecular formula is C23H34IN5O2. The van der Waals surface area contributed by atoms with E-state index in [1.165, 1.54) is 5.69 Å². The van der Waals surface area contributed by atoms with Crippen LogP contribution in [0, 0.1) is 0 Å². The predicted octanol–water partition coefficient (Wildman–Crippen LogP) is 3.04. The van der Waals surface area contributed by atoms with Gasteiger partial charge in [-0.2, -0.15) is 0 Å². The van der Waals surface area contributed by atoms with Crippen molar-refractivity contribution in [1.29, 1.82) is 0 Å². The number of nitrogens with one attached hydrogen (secondary N) is 1. The predicted molar refractivity (Wildman–Crippen MR) is 138 cm³/mol. The molecule has 1 aromatic carbocycles. The Hall–Kier alpha value is -2.23. The Morgan fingerprint density at radius 3 is 2.45 bits per heavy atom. The molecule has 0 spiro atoms. The summed E-state index contributed by atoms with van der Waals surface area (Å²) in [5.74, 6) is 1.87. The molecule has 3 rings (SSSR count). The SMILES string of the molecule is CCNC(=NCCCCn1ccccc1=O)N1CCN(c2ccc(OC)cc2)CC1.I. The number of anilines is 1. The summed E-state index contributed by atoms with van der Waals surface area (Å²) in [4.78, 5) is 21.3. The lowest BCUT2D eigenvalue weighted by Gasteiger charge is -2.37. The van der Waals surface area contributed by atoms with E-state index in [1.807, 2.05) is 24.4 Å². The van der Waals surface area contributed by atoms with E-state index >= 15 is 0 Å². The lowest BCUT2D eigenvalue weighted by atomic mass is 10.2. The van der Waals surface area contributed by atoms with Gasteiger partial charge in [-0.15, -0.1) is 24.0 Å². The summed E-state index contributed by atoms with van der Waals surface area (Å²) in [6, 6.07) is 13.5. The summed E-state index contributed by atoms with van der Waals surface area (Å²) >= 11 is 0. The van der Waals surface area contributed by atoms with Crippen LogP contribution >= 0.6 is 24.0 Å². The molecular weight excluding hydrogens is 505 g/mol. The van der Waals surface area contributed by atoms with Crippen molar-refractivity contribution in [2.24, 2.45) is 4.99 Å². The highest BCUT2D eigenvalue weighted by Crippen LogP contribution is 2.20. The Labute approximate surface area is 202 Å². The van der Waals surface area contributed by atoms with Crippen LogP contribution in [0.5, 0.6) is 5.75 Å². The number of piperazine rings is 1. The number of methoxy groups -OCH3 is 1. The largest absolute Gasteiger partial charge is 0.497 e. The Balaban J connectivity index is 0.00000341. The van der Waals surface area contributed by atoms with Crippen molar-refractivity contribution in [3.8, 4) is 5.75 Å². The molecule has 0 bridgehead atoms. The smallest absolute Gasteiger partial charge is 0.250 e. The number of benzene rings is 1. The second-order valence-corrected chi connectivity index (χ2v) is 7.35. The molecule has 0 atom stereocenters. The van der Waals surface area contributed by atoms with Gasteiger partial charge in [0.2, 0.25) is 5.56 Å². The van der Waals surface area contributed by atoms with Crippen LogP contribution in [0.4, 0.5) is 5.69 Å². The number of aromatic nitrogens is 1. The first-order valence-corrected chi connectivity index (χ1v) is 10.8. The van der Waals surface area contributed by atoms with Gasteiger partial charge in [0.15, 0.2) is 5.96 Å². The van der Waals surface area contributed by atoms with E-state index in [0.29, 0.717) is 0 Å². The number of aryl methyl sites for hydroxylation is 1.